The highest BCUT2D eigenvalue weighted by Crippen LogP contribution is 2.85. The second-order valence-corrected chi connectivity index (χ2v) is 19.1. The molecule has 10 rings (SSSR count). The van der Waals surface area contributed by atoms with E-state index in [2.05, 4.69) is 91.5 Å². The predicted molar refractivity (Wildman–Crippen MR) is 162 cm³/mol. The van der Waals surface area contributed by atoms with Crippen LogP contribution in [0.4, 0.5) is 0 Å². The van der Waals surface area contributed by atoms with Crippen LogP contribution in [0.2, 0.25) is 0 Å². The number of fused-ring (bicyclic) bond motifs is 7. The maximum Gasteiger partial charge on any atom is 0.454 e. The highest BCUT2D eigenvalue weighted by atomic mass is 31.3. The third-order valence-corrected chi connectivity index (χ3v) is 19.5. The average molecular weight is 588 g/mol. The number of rotatable bonds is 4. The van der Waals surface area contributed by atoms with Gasteiger partial charge in [-0.2, -0.15) is 4.52 Å². The Balaban J connectivity index is 1.35. The standard InChI is InChI=1S/C28H28N7O2P3/c1-3-7-23-21(5-1)9-11-25-26-12-10-22-6-2-4-8-24(22)28(26)37-40(36-27(23)25)30-38(32-13-14-32,33-15-16-33)29-39(31-40,34-17-18-34)35-19-20-35/h1-12H,13-20H2. The van der Waals surface area contributed by atoms with Crippen LogP contribution in [0, 0.1) is 0 Å². The molecule has 0 saturated carbocycles. The van der Waals surface area contributed by atoms with Gasteiger partial charge in [0, 0.05) is 74.3 Å². The molecule has 0 unspecified atom stereocenters. The normalized spacial score (nSPS) is 25.4. The van der Waals surface area contributed by atoms with Crippen LogP contribution in [0.3, 0.4) is 0 Å². The first kappa shape index (κ1) is 23.1. The Hall–Kier alpha value is -2.47. The second-order valence-electron chi connectivity index (χ2n) is 11.2. The lowest BCUT2D eigenvalue weighted by Gasteiger charge is -2.36. The summed E-state index contributed by atoms with van der Waals surface area (Å²) in [5.74, 6) is 1.67. The molecule has 0 amide bonds. The number of benzene rings is 4. The third kappa shape index (κ3) is 3.29. The van der Waals surface area contributed by atoms with Crippen molar-refractivity contribution in [2.24, 2.45) is 13.5 Å². The molecular formula is C28H28N7O2P3. The summed E-state index contributed by atoms with van der Waals surface area (Å²) < 4.78 is 41.7. The van der Waals surface area contributed by atoms with Gasteiger partial charge in [-0.25, -0.2) is 18.7 Å². The molecule has 0 atom stereocenters. The Morgan fingerprint density at radius 1 is 0.475 bits per heavy atom. The van der Waals surface area contributed by atoms with Gasteiger partial charge in [0.25, 0.3) is 0 Å². The van der Waals surface area contributed by atoms with Gasteiger partial charge in [-0.05, 0) is 22.9 Å². The van der Waals surface area contributed by atoms with Gasteiger partial charge in [-0.3, -0.25) is 0 Å². The molecule has 0 aromatic heterocycles. The molecular weight excluding hydrogens is 559 g/mol. The molecule has 6 aliphatic heterocycles. The molecule has 6 heterocycles. The van der Waals surface area contributed by atoms with E-state index in [1.54, 1.807) is 0 Å². The molecule has 0 aliphatic carbocycles. The first-order valence-electron chi connectivity index (χ1n) is 14.0. The fraction of sp³-hybridized carbons (Fsp3) is 0.286. The number of hydrogen-bond donors (Lipinski definition) is 0. The monoisotopic (exact) mass is 587 g/mol. The van der Waals surface area contributed by atoms with E-state index in [9.17, 15) is 0 Å². The van der Waals surface area contributed by atoms with Crippen LogP contribution >= 0.6 is 22.7 Å². The first-order valence-corrected chi connectivity index (χ1v) is 18.8. The lowest BCUT2D eigenvalue weighted by Crippen LogP contribution is -2.13. The van der Waals surface area contributed by atoms with Gasteiger partial charge in [0.05, 0.1) is 0 Å². The number of nitrogens with zero attached hydrogens (tertiary/aromatic N) is 7. The van der Waals surface area contributed by atoms with Crippen LogP contribution in [0.1, 0.15) is 0 Å². The minimum atomic E-state index is -3.21. The summed E-state index contributed by atoms with van der Waals surface area (Å²) in [7, 11) is -7.95. The van der Waals surface area contributed by atoms with E-state index < -0.39 is 22.7 Å². The molecule has 1 spiro atoms. The van der Waals surface area contributed by atoms with Crippen molar-refractivity contribution < 1.29 is 9.05 Å². The van der Waals surface area contributed by atoms with Crippen molar-refractivity contribution in [3.8, 4) is 22.6 Å². The lowest BCUT2D eigenvalue weighted by atomic mass is 9.96. The van der Waals surface area contributed by atoms with Crippen LogP contribution in [-0.2, 0) is 0 Å². The zero-order valence-corrected chi connectivity index (χ0v) is 24.6. The lowest BCUT2D eigenvalue weighted by molar-refractivity contribution is 0.491. The first-order chi connectivity index (χ1) is 19.7. The summed E-state index contributed by atoms with van der Waals surface area (Å²) >= 11 is 0. The van der Waals surface area contributed by atoms with Crippen LogP contribution in [0.15, 0.2) is 86.3 Å². The van der Waals surface area contributed by atoms with Crippen LogP contribution < -0.4 is 9.05 Å². The molecule has 4 aromatic carbocycles. The number of hydrogen-bond acceptors (Lipinski definition) is 9. The van der Waals surface area contributed by atoms with E-state index in [4.69, 9.17) is 22.6 Å². The van der Waals surface area contributed by atoms with Crippen molar-refractivity contribution in [2.45, 2.75) is 0 Å². The molecule has 6 aliphatic rings. The minimum Gasteiger partial charge on any atom is -0.412 e. The summed E-state index contributed by atoms with van der Waals surface area (Å²) in [6, 6.07) is 25.7. The smallest absolute Gasteiger partial charge is 0.412 e. The molecule has 40 heavy (non-hydrogen) atoms. The van der Waals surface area contributed by atoms with E-state index in [0.717, 1.165) is 96.5 Å². The fourth-order valence-corrected chi connectivity index (χ4v) is 19.5. The minimum absolute atomic E-state index is 0.833. The van der Waals surface area contributed by atoms with Gasteiger partial charge in [0.15, 0.2) is 0 Å². The highest BCUT2D eigenvalue weighted by Gasteiger charge is 2.58. The van der Waals surface area contributed by atoms with Crippen molar-refractivity contribution in [1.82, 2.24) is 18.7 Å². The molecule has 4 fully saturated rings. The van der Waals surface area contributed by atoms with Crippen molar-refractivity contribution in [3.63, 3.8) is 0 Å². The van der Waals surface area contributed by atoms with E-state index in [-0.39, 0.29) is 0 Å². The van der Waals surface area contributed by atoms with E-state index in [1.807, 2.05) is 0 Å². The van der Waals surface area contributed by atoms with Gasteiger partial charge in [-0.1, -0.05) is 60.7 Å². The average Bonchev–Trinajstić information content (AvgIpc) is 3.82. The van der Waals surface area contributed by atoms with Gasteiger partial charge in [-0.15, -0.1) is 9.03 Å². The van der Waals surface area contributed by atoms with Gasteiger partial charge in [0.2, 0.25) is 15.0 Å². The Kier molecular flexibility index (Phi) is 4.55. The highest BCUT2D eigenvalue weighted by molar-refractivity contribution is 7.82. The summed E-state index contributed by atoms with van der Waals surface area (Å²) in [5.41, 5.74) is 2.07. The summed E-state index contributed by atoms with van der Waals surface area (Å²) in [6.45, 7) is 8.19. The Bertz CT molecular complexity index is 1810. The quantitative estimate of drug-likeness (QED) is 0.182. The topological polar surface area (TPSA) is 67.6 Å². The van der Waals surface area contributed by atoms with Crippen LogP contribution in [-0.4, -0.2) is 71.0 Å². The van der Waals surface area contributed by atoms with Gasteiger partial charge < -0.3 is 9.05 Å². The van der Waals surface area contributed by atoms with Crippen molar-refractivity contribution in [2.75, 3.05) is 52.4 Å². The SMILES string of the molecule is c1ccc2c3c(ccc2c1)-c1ccc2ccccc2c1OP1(=NP(N2CC2)(N2CC2)=NP(N2CC2)(N2CC2)=N1)O3. The summed E-state index contributed by atoms with van der Waals surface area (Å²) in [5, 5.41) is 4.42. The molecule has 4 saturated heterocycles. The second kappa shape index (κ2) is 7.87. The molecule has 9 nitrogen and oxygen atoms in total. The largest absolute Gasteiger partial charge is 0.454 e. The zero-order valence-electron chi connectivity index (χ0n) is 21.9. The fourth-order valence-electron chi connectivity index (χ4n) is 6.02. The van der Waals surface area contributed by atoms with E-state index in [1.165, 1.54) is 0 Å². The zero-order chi connectivity index (χ0) is 26.1. The van der Waals surface area contributed by atoms with E-state index in [0.29, 0.717) is 0 Å². The van der Waals surface area contributed by atoms with Crippen molar-refractivity contribution in [1.29, 1.82) is 0 Å². The molecule has 202 valence electrons. The molecule has 0 radical (unpaired) electrons. The molecule has 0 bridgehead atoms. The van der Waals surface area contributed by atoms with E-state index >= 15 is 0 Å². The van der Waals surface area contributed by atoms with Gasteiger partial charge in [0.1, 0.15) is 11.5 Å². The third-order valence-electron chi connectivity index (χ3n) is 8.39. The summed E-state index contributed by atoms with van der Waals surface area (Å²) in [4.78, 5) is 0. The maximum atomic E-state index is 7.30. The molecule has 12 heteroatoms. The summed E-state index contributed by atoms with van der Waals surface area (Å²) in [6.07, 6.45) is 0. The Morgan fingerprint density at radius 3 is 1.35 bits per heavy atom. The van der Waals surface area contributed by atoms with Crippen molar-refractivity contribution in [3.05, 3.63) is 72.8 Å². The van der Waals surface area contributed by atoms with Crippen LogP contribution in [0.25, 0.3) is 32.7 Å². The Labute approximate surface area is 233 Å². The molecule has 0 N–H and O–H groups in total. The predicted octanol–water partition coefficient (Wildman–Crippen LogP) is 7.55. The molecule has 4 aromatic rings. The van der Waals surface area contributed by atoms with Gasteiger partial charge >= 0.3 is 7.66 Å². The maximum absolute atomic E-state index is 7.30. The van der Waals surface area contributed by atoms with Crippen molar-refractivity contribution >= 4 is 44.2 Å². The Morgan fingerprint density at radius 2 is 0.900 bits per heavy atom. The van der Waals surface area contributed by atoms with Crippen LogP contribution in [0.5, 0.6) is 11.5 Å².